The molecule has 2 N–H and O–H groups in total. The molecule has 142 valence electrons. The molecule has 1 aromatic rings. The van der Waals surface area contributed by atoms with Crippen LogP contribution < -0.4 is 20.1 Å². The highest BCUT2D eigenvalue weighted by molar-refractivity contribution is 7.80. The van der Waals surface area contributed by atoms with Gasteiger partial charge in [-0.3, -0.25) is 0 Å². The minimum absolute atomic E-state index is 0.176. The van der Waals surface area contributed by atoms with Crippen molar-refractivity contribution in [1.29, 1.82) is 0 Å². The SMILES string of the molecule is CCOCCOC(=O)C1=C(C)NC(=S)NC1c1cc(OC)ccc1OC. The molecule has 0 aromatic heterocycles. The van der Waals surface area contributed by atoms with Crippen molar-refractivity contribution >= 4 is 23.3 Å². The molecule has 7 nitrogen and oxygen atoms in total. The number of hydrogen-bond donors (Lipinski definition) is 2. The molecule has 0 saturated carbocycles. The van der Waals surface area contributed by atoms with E-state index < -0.39 is 12.0 Å². The summed E-state index contributed by atoms with van der Waals surface area (Å²) in [5, 5.41) is 6.51. The molecule has 1 aliphatic rings. The van der Waals surface area contributed by atoms with Gasteiger partial charge in [0.1, 0.15) is 18.1 Å². The van der Waals surface area contributed by atoms with Gasteiger partial charge >= 0.3 is 5.97 Å². The first-order valence-electron chi connectivity index (χ1n) is 8.26. The lowest BCUT2D eigenvalue weighted by Gasteiger charge is -2.30. The molecule has 0 spiro atoms. The molecular weight excluding hydrogens is 356 g/mol. The zero-order chi connectivity index (χ0) is 19.1. The smallest absolute Gasteiger partial charge is 0.338 e. The quantitative estimate of drug-likeness (QED) is 0.403. The lowest BCUT2D eigenvalue weighted by atomic mass is 9.94. The van der Waals surface area contributed by atoms with Crippen LogP contribution >= 0.6 is 12.2 Å². The van der Waals surface area contributed by atoms with Crippen molar-refractivity contribution in [3.05, 3.63) is 35.0 Å². The maximum Gasteiger partial charge on any atom is 0.338 e. The predicted molar refractivity (Wildman–Crippen MR) is 101 cm³/mol. The molecule has 0 saturated heterocycles. The van der Waals surface area contributed by atoms with E-state index in [2.05, 4.69) is 10.6 Å². The molecule has 1 atom stereocenters. The molecule has 1 unspecified atom stereocenters. The molecule has 0 radical (unpaired) electrons. The van der Waals surface area contributed by atoms with Gasteiger partial charge < -0.3 is 29.6 Å². The molecule has 0 bridgehead atoms. The molecule has 1 aromatic carbocycles. The van der Waals surface area contributed by atoms with Gasteiger partial charge in [-0.15, -0.1) is 0 Å². The van der Waals surface area contributed by atoms with E-state index in [1.54, 1.807) is 33.3 Å². The van der Waals surface area contributed by atoms with Crippen molar-refractivity contribution in [3.63, 3.8) is 0 Å². The Morgan fingerprint density at radius 1 is 1.23 bits per heavy atom. The Balaban J connectivity index is 2.36. The number of hydrogen-bond acceptors (Lipinski definition) is 6. The number of methoxy groups -OCH3 is 2. The third-order valence-corrected chi connectivity index (χ3v) is 4.12. The van der Waals surface area contributed by atoms with Gasteiger partial charge in [0, 0.05) is 17.9 Å². The Morgan fingerprint density at radius 3 is 2.65 bits per heavy atom. The maximum absolute atomic E-state index is 12.7. The summed E-state index contributed by atoms with van der Waals surface area (Å²) >= 11 is 5.26. The highest BCUT2D eigenvalue weighted by Crippen LogP contribution is 2.35. The summed E-state index contributed by atoms with van der Waals surface area (Å²) in [5.41, 5.74) is 1.79. The summed E-state index contributed by atoms with van der Waals surface area (Å²) in [6, 6.07) is 4.87. The Kier molecular flexibility index (Phi) is 7.23. The highest BCUT2D eigenvalue weighted by atomic mass is 32.1. The average Bonchev–Trinajstić information content (AvgIpc) is 2.63. The Hall–Kier alpha value is -2.32. The van der Waals surface area contributed by atoms with Crippen LogP contribution in [0.1, 0.15) is 25.5 Å². The molecule has 8 heteroatoms. The Labute approximate surface area is 158 Å². The molecule has 0 amide bonds. The van der Waals surface area contributed by atoms with Crippen molar-refractivity contribution in [2.24, 2.45) is 0 Å². The van der Waals surface area contributed by atoms with Crippen LogP contribution in [-0.4, -0.2) is 45.1 Å². The van der Waals surface area contributed by atoms with Crippen molar-refractivity contribution < 1.29 is 23.7 Å². The van der Waals surface area contributed by atoms with E-state index in [0.29, 0.717) is 41.1 Å². The number of carbonyl (C=O) groups is 1. The monoisotopic (exact) mass is 380 g/mol. The number of esters is 1. The first-order chi connectivity index (χ1) is 12.5. The summed E-state index contributed by atoms with van der Waals surface area (Å²) in [6.07, 6.45) is 0. The molecule has 1 aliphatic heterocycles. The van der Waals surface area contributed by atoms with Gasteiger partial charge in [-0.25, -0.2) is 4.79 Å². The second kappa shape index (κ2) is 9.40. The van der Waals surface area contributed by atoms with Crippen LogP contribution in [-0.2, 0) is 14.3 Å². The van der Waals surface area contributed by atoms with Gasteiger partial charge in [0.15, 0.2) is 5.11 Å². The second-order valence-corrected chi connectivity index (χ2v) is 5.92. The highest BCUT2D eigenvalue weighted by Gasteiger charge is 2.33. The topological polar surface area (TPSA) is 78.1 Å². The number of rotatable bonds is 8. The van der Waals surface area contributed by atoms with Crippen LogP contribution in [0.5, 0.6) is 11.5 Å². The van der Waals surface area contributed by atoms with Crippen LogP contribution in [0.25, 0.3) is 0 Å². The molecule has 2 rings (SSSR count). The van der Waals surface area contributed by atoms with Crippen molar-refractivity contribution in [3.8, 4) is 11.5 Å². The lowest BCUT2D eigenvalue weighted by Crippen LogP contribution is -2.45. The van der Waals surface area contributed by atoms with Crippen molar-refractivity contribution in [2.75, 3.05) is 34.0 Å². The van der Waals surface area contributed by atoms with Crippen LogP contribution in [0.2, 0.25) is 0 Å². The summed E-state index contributed by atoms with van der Waals surface area (Å²) in [4.78, 5) is 12.7. The summed E-state index contributed by atoms with van der Waals surface area (Å²) in [6.45, 7) is 4.76. The first kappa shape index (κ1) is 20.0. The molecule has 1 heterocycles. The van der Waals surface area contributed by atoms with E-state index in [0.717, 1.165) is 5.56 Å². The van der Waals surface area contributed by atoms with Crippen LogP contribution in [0.4, 0.5) is 0 Å². The maximum atomic E-state index is 12.7. The number of ether oxygens (including phenoxy) is 4. The number of thiocarbonyl (C=S) groups is 1. The third kappa shape index (κ3) is 4.64. The van der Waals surface area contributed by atoms with Gasteiger partial charge in [0.2, 0.25) is 0 Å². The van der Waals surface area contributed by atoms with Crippen LogP contribution in [0, 0.1) is 0 Å². The van der Waals surface area contributed by atoms with Gasteiger partial charge in [-0.1, -0.05) is 0 Å². The molecule has 0 fully saturated rings. The van der Waals surface area contributed by atoms with E-state index >= 15 is 0 Å². The normalized spacial score (nSPS) is 16.6. The van der Waals surface area contributed by atoms with Gasteiger partial charge in [-0.05, 0) is 44.3 Å². The number of carbonyl (C=O) groups excluding carboxylic acids is 1. The molecular formula is C18H24N2O5S. The zero-order valence-corrected chi connectivity index (χ0v) is 16.2. The minimum atomic E-state index is -0.520. The van der Waals surface area contributed by atoms with E-state index in [-0.39, 0.29) is 6.61 Å². The molecule has 0 aliphatic carbocycles. The van der Waals surface area contributed by atoms with Gasteiger partial charge in [0.05, 0.1) is 32.4 Å². The standard InChI is InChI=1S/C18H24N2O5S/c1-5-24-8-9-25-17(21)15-11(2)19-18(26)20-16(15)13-10-12(22-3)6-7-14(13)23-4/h6-7,10,16H,5,8-9H2,1-4H3,(H2,19,20,26). The predicted octanol–water partition coefficient (Wildman–Crippen LogP) is 2.08. The lowest BCUT2D eigenvalue weighted by molar-refractivity contribution is -0.141. The number of allylic oxidation sites excluding steroid dienone is 1. The minimum Gasteiger partial charge on any atom is -0.497 e. The fourth-order valence-electron chi connectivity index (χ4n) is 2.68. The summed E-state index contributed by atoms with van der Waals surface area (Å²) in [5.74, 6) is 0.814. The first-order valence-corrected chi connectivity index (χ1v) is 8.67. The fourth-order valence-corrected chi connectivity index (χ4v) is 2.95. The molecule has 26 heavy (non-hydrogen) atoms. The summed E-state index contributed by atoms with van der Waals surface area (Å²) < 4.78 is 21.3. The number of benzene rings is 1. The van der Waals surface area contributed by atoms with Gasteiger partial charge in [-0.2, -0.15) is 0 Å². The van der Waals surface area contributed by atoms with E-state index in [9.17, 15) is 4.79 Å². The van der Waals surface area contributed by atoms with Crippen LogP contribution in [0.15, 0.2) is 29.5 Å². The van der Waals surface area contributed by atoms with Crippen molar-refractivity contribution in [1.82, 2.24) is 10.6 Å². The zero-order valence-electron chi connectivity index (χ0n) is 15.4. The Morgan fingerprint density at radius 2 is 2.00 bits per heavy atom. The van der Waals surface area contributed by atoms with Gasteiger partial charge in [0.25, 0.3) is 0 Å². The average molecular weight is 380 g/mol. The van der Waals surface area contributed by atoms with E-state index in [1.165, 1.54) is 0 Å². The Bertz CT molecular complexity index is 705. The fraction of sp³-hybridized carbons (Fsp3) is 0.444. The largest absolute Gasteiger partial charge is 0.497 e. The van der Waals surface area contributed by atoms with Crippen LogP contribution in [0.3, 0.4) is 0 Å². The third-order valence-electron chi connectivity index (χ3n) is 3.90. The van der Waals surface area contributed by atoms with E-state index in [4.69, 9.17) is 31.2 Å². The summed E-state index contributed by atoms with van der Waals surface area (Å²) in [7, 11) is 3.15. The van der Waals surface area contributed by atoms with Crippen molar-refractivity contribution in [2.45, 2.75) is 19.9 Å². The van der Waals surface area contributed by atoms with E-state index in [1.807, 2.05) is 13.0 Å². The number of nitrogens with one attached hydrogen (secondary N) is 2. The second-order valence-electron chi connectivity index (χ2n) is 5.51.